The Kier molecular flexibility index (Phi) is 4.80. The molecule has 0 saturated carbocycles. The molecule has 0 radical (unpaired) electrons. The number of carbonyl (C=O) groups is 1. The molecule has 0 aromatic heterocycles. The topological polar surface area (TPSA) is 20.3 Å². The van der Waals surface area contributed by atoms with Crippen LogP contribution in [0.25, 0.3) is 5.57 Å². The largest absolute Gasteiger partial charge is 0.295 e. The predicted octanol–water partition coefficient (Wildman–Crippen LogP) is 4.51. The van der Waals surface area contributed by atoms with E-state index < -0.39 is 0 Å². The van der Waals surface area contributed by atoms with E-state index in [0.717, 1.165) is 13.0 Å². The van der Waals surface area contributed by atoms with Crippen molar-refractivity contribution in [3.05, 3.63) is 77.9 Å². The van der Waals surface area contributed by atoms with Crippen molar-refractivity contribution in [1.82, 2.24) is 4.90 Å². The lowest BCUT2D eigenvalue weighted by Gasteiger charge is -2.41. The van der Waals surface area contributed by atoms with E-state index in [4.69, 9.17) is 0 Å². The summed E-state index contributed by atoms with van der Waals surface area (Å²) in [6.07, 6.45) is 7.34. The summed E-state index contributed by atoms with van der Waals surface area (Å²) in [5, 5.41) is 0. The van der Waals surface area contributed by atoms with Gasteiger partial charge in [-0.2, -0.15) is 0 Å². The van der Waals surface area contributed by atoms with Crippen molar-refractivity contribution in [2.75, 3.05) is 6.54 Å². The van der Waals surface area contributed by atoms with Gasteiger partial charge in [0.05, 0.1) is 0 Å². The molecule has 1 heterocycles. The van der Waals surface area contributed by atoms with Crippen molar-refractivity contribution in [3.8, 4) is 0 Å². The number of benzene rings is 2. The summed E-state index contributed by atoms with van der Waals surface area (Å²) in [4.78, 5) is 14.9. The average molecular weight is 331 g/mol. The molecule has 2 unspecified atom stereocenters. The Morgan fingerprint density at radius 1 is 0.920 bits per heavy atom. The van der Waals surface area contributed by atoms with Gasteiger partial charge < -0.3 is 0 Å². The quantitative estimate of drug-likeness (QED) is 0.821. The number of nitrogens with zero attached hydrogens (tertiary/aromatic N) is 1. The minimum atomic E-state index is 0.240. The zero-order chi connectivity index (χ0) is 17.1. The third-order valence-corrected chi connectivity index (χ3v) is 5.56. The molecule has 128 valence electrons. The molecular formula is C23H25NO. The fraction of sp³-hybridized carbons (Fsp3) is 0.348. The summed E-state index contributed by atoms with van der Waals surface area (Å²) in [6.45, 7) is 1.10. The highest BCUT2D eigenvalue weighted by Gasteiger charge is 2.35. The molecule has 1 fully saturated rings. The molecular weight excluding hydrogens is 306 g/mol. The number of ketones is 1. The number of likely N-dealkylation sites (tertiary alicyclic amines) is 1. The van der Waals surface area contributed by atoms with E-state index >= 15 is 0 Å². The number of allylic oxidation sites excluding steroid dienone is 1. The van der Waals surface area contributed by atoms with Crippen LogP contribution in [-0.2, 0) is 11.2 Å². The molecule has 25 heavy (non-hydrogen) atoms. The van der Waals surface area contributed by atoms with Crippen LogP contribution >= 0.6 is 0 Å². The van der Waals surface area contributed by atoms with E-state index in [1.807, 2.05) is 12.1 Å². The second-order valence-electron chi connectivity index (χ2n) is 7.23. The highest BCUT2D eigenvalue weighted by atomic mass is 16.1. The van der Waals surface area contributed by atoms with Gasteiger partial charge in [-0.05, 0) is 48.6 Å². The van der Waals surface area contributed by atoms with Gasteiger partial charge in [-0.3, -0.25) is 9.69 Å². The first-order valence-corrected chi connectivity index (χ1v) is 9.41. The van der Waals surface area contributed by atoms with E-state index in [1.54, 1.807) is 0 Å². The molecule has 1 aliphatic carbocycles. The Balaban J connectivity index is 1.59. The van der Waals surface area contributed by atoms with Crippen LogP contribution in [-0.4, -0.2) is 29.3 Å². The average Bonchev–Trinajstić information content (AvgIpc) is 3.05. The number of piperidine rings is 1. The van der Waals surface area contributed by atoms with Gasteiger partial charge in [0.1, 0.15) is 0 Å². The maximum Gasteiger partial charge on any atom is 0.157 e. The third kappa shape index (κ3) is 3.59. The van der Waals surface area contributed by atoms with Gasteiger partial charge in [0.2, 0.25) is 0 Å². The third-order valence-electron chi connectivity index (χ3n) is 5.56. The van der Waals surface area contributed by atoms with Crippen LogP contribution in [0.5, 0.6) is 0 Å². The van der Waals surface area contributed by atoms with Gasteiger partial charge in [0.15, 0.2) is 5.78 Å². The second-order valence-corrected chi connectivity index (χ2v) is 7.23. The Hall–Kier alpha value is -2.19. The SMILES string of the molecule is O=C1C=C(c2ccccc2)C(N2CCCCC2Cc2ccccc2)C1. The van der Waals surface area contributed by atoms with E-state index in [2.05, 4.69) is 59.5 Å². The molecule has 1 aliphatic heterocycles. The van der Waals surface area contributed by atoms with Crippen molar-refractivity contribution in [1.29, 1.82) is 0 Å². The first kappa shape index (κ1) is 16.3. The van der Waals surface area contributed by atoms with E-state index in [0.29, 0.717) is 12.5 Å². The normalized spacial score (nSPS) is 24.3. The number of hydrogen-bond acceptors (Lipinski definition) is 2. The minimum absolute atomic E-state index is 0.240. The molecule has 2 aromatic rings. The standard InChI is InChI=1S/C23H25NO/c25-21-16-22(19-11-5-2-6-12-19)23(17-21)24-14-8-7-13-20(24)15-18-9-3-1-4-10-18/h1-6,9-12,16,20,23H,7-8,13-15,17H2. The first-order chi connectivity index (χ1) is 12.3. The molecule has 0 spiro atoms. The summed E-state index contributed by atoms with van der Waals surface area (Å²) in [7, 11) is 0. The smallest absolute Gasteiger partial charge is 0.157 e. The fourth-order valence-electron chi connectivity index (χ4n) is 4.37. The van der Waals surface area contributed by atoms with Gasteiger partial charge in [-0.1, -0.05) is 67.1 Å². The van der Waals surface area contributed by atoms with Crippen molar-refractivity contribution in [3.63, 3.8) is 0 Å². The van der Waals surface area contributed by atoms with Crippen molar-refractivity contribution < 1.29 is 4.79 Å². The molecule has 2 aromatic carbocycles. The van der Waals surface area contributed by atoms with Gasteiger partial charge in [-0.15, -0.1) is 0 Å². The van der Waals surface area contributed by atoms with Crippen molar-refractivity contribution in [2.45, 2.75) is 44.2 Å². The molecule has 0 N–H and O–H groups in total. The monoisotopic (exact) mass is 331 g/mol. The van der Waals surface area contributed by atoms with Gasteiger partial charge in [0, 0.05) is 18.5 Å². The zero-order valence-corrected chi connectivity index (χ0v) is 14.6. The van der Waals surface area contributed by atoms with Crippen LogP contribution in [0.1, 0.15) is 36.8 Å². The second kappa shape index (κ2) is 7.37. The highest BCUT2D eigenvalue weighted by molar-refractivity contribution is 6.03. The predicted molar refractivity (Wildman–Crippen MR) is 102 cm³/mol. The molecule has 4 rings (SSSR count). The Bertz CT molecular complexity index is 750. The lowest BCUT2D eigenvalue weighted by molar-refractivity contribution is -0.114. The summed E-state index contributed by atoms with van der Waals surface area (Å²) >= 11 is 0. The molecule has 2 aliphatic rings. The molecule has 2 heteroatoms. The van der Waals surface area contributed by atoms with Gasteiger partial charge in [0.25, 0.3) is 0 Å². The lowest BCUT2D eigenvalue weighted by atomic mass is 9.91. The molecule has 2 nitrogen and oxygen atoms in total. The summed E-state index contributed by atoms with van der Waals surface area (Å²) in [6, 6.07) is 22.0. The minimum Gasteiger partial charge on any atom is -0.295 e. The maximum absolute atomic E-state index is 12.2. The van der Waals surface area contributed by atoms with E-state index in [1.165, 1.54) is 36.0 Å². The van der Waals surface area contributed by atoms with Crippen LogP contribution in [0, 0.1) is 0 Å². The zero-order valence-electron chi connectivity index (χ0n) is 14.6. The summed E-state index contributed by atoms with van der Waals surface area (Å²) < 4.78 is 0. The van der Waals surface area contributed by atoms with E-state index in [-0.39, 0.29) is 11.8 Å². The van der Waals surface area contributed by atoms with Crippen LogP contribution < -0.4 is 0 Å². The van der Waals surface area contributed by atoms with Gasteiger partial charge in [-0.25, -0.2) is 0 Å². The summed E-state index contributed by atoms with van der Waals surface area (Å²) in [5.74, 6) is 0.271. The van der Waals surface area contributed by atoms with Crippen molar-refractivity contribution in [2.24, 2.45) is 0 Å². The summed E-state index contributed by atoms with van der Waals surface area (Å²) in [5.41, 5.74) is 3.81. The lowest BCUT2D eigenvalue weighted by Crippen LogP contribution is -2.47. The van der Waals surface area contributed by atoms with Crippen molar-refractivity contribution >= 4 is 11.4 Å². The molecule has 1 saturated heterocycles. The molecule has 0 amide bonds. The fourth-order valence-corrected chi connectivity index (χ4v) is 4.37. The highest BCUT2D eigenvalue weighted by Crippen LogP contribution is 2.35. The number of carbonyl (C=O) groups excluding carboxylic acids is 1. The number of hydrogen-bond donors (Lipinski definition) is 0. The number of rotatable bonds is 4. The first-order valence-electron chi connectivity index (χ1n) is 9.41. The Morgan fingerprint density at radius 3 is 2.40 bits per heavy atom. The Labute approximate surface area is 150 Å². The molecule has 0 bridgehead atoms. The maximum atomic E-state index is 12.2. The van der Waals surface area contributed by atoms with E-state index in [9.17, 15) is 4.79 Å². The van der Waals surface area contributed by atoms with Crippen LogP contribution in [0.4, 0.5) is 0 Å². The van der Waals surface area contributed by atoms with Crippen LogP contribution in [0.15, 0.2) is 66.7 Å². The van der Waals surface area contributed by atoms with Gasteiger partial charge >= 0.3 is 0 Å². The van der Waals surface area contributed by atoms with Crippen LogP contribution in [0.2, 0.25) is 0 Å². The van der Waals surface area contributed by atoms with Crippen LogP contribution in [0.3, 0.4) is 0 Å². The molecule has 2 atom stereocenters. The Morgan fingerprint density at radius 2 is 1.64 bits per heavy atom.